The second-order valence-corrected chi connectivity index (χ2v) is 5.78. The number of carbonyl (C=O) groups excluding carboxylic acids is 2. The largest absolute Gasteiger partial charge is 0.480 e. The van der Waals surface area contributed by atoms with Gasteiger partial charge in [0.05, 0.1) is 12.3 Å². The van der Waals surface area contributed by atoms with E-state index in [-0.39, 0.29) is 29.2 Å². The molecule has 0 aromatic rings. The third kappa shape index (κ3) is 4.42. The highest BCUT2D eigenvalue weighted by Gasteiger charge is 2.33. The maximum atomic E-state index is 11.7. The monoisotopic (exact) mass is 273 g/mol. The summed E-state index contributed by atoms with van der Waals surface area (Å²) in [4.78, 5) is 35.4. The van der Waals surface area contributed by atoms with Crippen LogP contribution >= 0.6 is 11.8 Å². The fourth-order valence-electron chi connectivity index (χ4n) is 2.21. The molecule has 0 spiro atoms. The lowest BCUT2D eigenvalue weighted by Crippen LogP contribution is -2.51. The molecule has 18 heavy (non-hydrogen) atoms. The van der Waals surface area contributed by atoms with Crippen LogP contribution in [0.5, 0.6) is 0 Å². The highest BCUT2D eigenvalue weighted by molar-refractivity contribution is 8.14. The quantitative estimate of drug-likeness (QED) is 0.810. The van der Waals surface area contributed by atoms with Gasteiger partial charge in [-0.3, -0.25) is 19.3 Å². The Bertz CT molecular complexity index is 345. The van der Waals surface area contributed by atoms with E-state index in [2.05, 4.69) is 0 Å². The zero-order chi connectivity index (χ0) is 13.7. The number of carboxylic acid groups (broad SMARTS) is 1. The third-order valence-electron chi connectivity index (χ3n) is 3.15. The fourth-order valence-corrected chi connectivity index (χ4v) is 2.66. The van der Waals surface area contributed by atoms with Gasteiger partial charge >= 0.3 is 5.97 Å². The first-order valence-electron chi connectivity index (χ1n) is 6.05. The van der Waals surface area contributed by atoms with Gasteiger partial charge in [-0.05, 0) is 26.2 Å². The molecule has 102 valence electrons. The van der Waals surface area contributed by atoms with Crippen LogP contribution in [0.2, 0.25) is 0 Å². The summed E-state index contributed by atoms with van der Waals surface area (Å²) in [5.41, 5.74) is 0. The van der Waals surface area contributed by atoms with E-state index >= 15 is 0 Å². The summed E-state index contributed by atoms with van der Waals surface area (Å²) < 4.78 is 0. The van der Waals surface area contributed by atoms with Crippen LogP contribution < -0.4 is 0 Å². The van der Waals surface area contributed by atoms with Crippen molar-refractivity contribution in [3.05, 3.63) is 0 Å². The summed E-state index contributed by atoms with van der Waals surface area (Å²) in [6.45, 7) is 3.49. The van der Waals surface area contributed by atoms with Crippen LogP contribution in [0.25, 0.3) is 0 Å². The van der Waals surface area contributed by atoms with E-state index in [0.29, 0.717) is 6.42 Å². The van der Waals surface area contributed by atoms with Crippen LogP contribution in [0.15, 0.2) is 0 Å². The average molecular weight is 273 g/mol. The topological polar surface area (TPSA) is 74.7 Å². The Morgan fingerprint density at radius 3 is 2.56 bits per heavy atom. The molecule has 0 aromatic carbocycles. The number of ketones is 1. The van der Waals surface area contributed by atoms with Crippen molar-refractivity contribution in [2.45, 2.75) is 45.2 Å². The lowest BCUT2D eigenvalue weighted by Gasteiger charge is -2.37. The predicted octanol–water partition coefficient (Wildman–Crippen LogP) is 1.16. The highest BCUT2D eigenvalue weighted by atomic mass is 32.2. The van der Waals surface area contributed by atoms with Crippen molar-refractivity contribution < 1.29 is 19.5 Å². The first-order chi connectivity index (χ1) is 8.41. The lowest BCUT2D eigenvalue weighted by atomic mass is 9.96. The maximum Gasteiger partial charge on any atom is 0.320 e. The van der Waals surface area contributed by atoms with Crippen molar-refractivity contribution in [2.24, 2.45) is 0 Å². The Labute approximate surface area is 111 Å². The van der Waals surface area contributed by atoms with Crippen molar-refractivity contribution in [1.29, 1.82) is 0 Å². The van der Waals surface area contributed by atoms with Gasteiger partial charge in [-0.15, -0.1) is 0 Å². The van der Waals surface area contributed by atoms with E-state index in [0.717, 1.165) is 24.6 Å². The molecular weight excluding hydrogens is 254 g/mol. The predicted molar refractivity (Wildman–Crippen MR) is 69.6 cm³/mol. The number of hydrogen-bond donors (Lipinski definition) is 1. The molecule has 0 aliphatic carbocycles. The first kappa shape index (κ1) is 15.2. The normalized spacial score (nSPS) is 24.8. The molecule has 6 heteroatoms. The summed E-state index contributed by atoms with van der Waals surface area (Å²) in [6, 6.07) is -0.467. The Morgan fingerprint density at radius 2 is 2.00 bits per heavy atom. The van der Waals surface area contributed by atoms with Crippen LogP contribution in [0, 0.1) is 0 Å². The van der Waals surface area contributed by atoms with Crippen LogP contribution in [0.4, 0.5) is 0 Å². The molecule has 1 aliphatic heterocycles. The molecule has 0 saturated carbocycles. The summed E-state index contributed by atoms with van der Waals surface area (Å²) in [6.07, 6.45) is 2.38. The number of carbonyl (C=O) groups is 3. The molecule has 2 unspecified atom stereocenters. The highest BCUT2D eigenvalue weighted by Crippen LogP contribution is 2.23. The standard InChI is InChI=1S/C12H19NO4S/c1-8-4-3-5-11(12(16)17)13(8)6-10(15)7-18-9(2)14/h8,11H,3-7H2,1-2H3,(H,16,17). The Balaban J connectivity index is 2.57. The zero-order valence-corrected chi connectivity index (χ0v) is 11.5. The molecule has 1 fully saturated rings. The van der Waals surface area contributed by atoms with Crippen molar-refractivity contribution in [3.8, 4) is 0 Å². The van der Waals surface area contributed by atoms with Crippen LogP contribution in [-0.2, 0) is 14.4 Å². The van der Waals surface area contributed by atoms with E-state index in [1.54, 1.807) is 4.90 Å². The molecule has 0 amide bonds. The van der Waals surface area contributed by atoms with Crippen LogP contribution in [0.3, 0.4) is 0 Å². The van der Waals surface area contributed by atoms with E-state index in [4.69, 9.17) is 5.11 Å². The van der Waals surface area contributed by atoms with Gasteiger partial charge in [-0.1, -0.05) is 11.8 Å². The lowest BCUT2D eigenvalue weighted by molar-refractivity contribution is -0.146. The number of rotatable bonds is 5. The molecule has 5 nitrogen and oxygen atoms in total. The average Bonchev–Trinajstić information content (AvgIpc) is 2.28. The first-order valence-corrected chi connectivity index (χ1v) is 7.04. The molecule has 0 radical (unpaired) electrons. The molecule has 1 N–H and O–H groups in total. The third-order valence-corrected chi connectivity index (χ3v) is 4.02. The van der Waals surface area contributed by atoms with Gasteiger partial charge in [0, 0.05) is 13.0 Å². The van der Waals surface area contributed by atoms with E-state index in [9.17, 15) is 14.4 Å². The van der Waals surface area contributed by atoms with E-state index in [1.165, 1.54) is 6.92 Å². The molecule has 1 saturated heterocycles. The van der Waals surface area contributed by atoms with Gasteiger partial charge in [-0.2, -0.15) is 0 Å². The van der Waals surface area contributed by atoms with Gasteiger partial charge in [0.1, 0.15) is 6.04 Å². The number of carboxylic acids is 1. The number of piperidine rings is 1. The zero-order valence-electron chi connectivity index (χ0n) is 10.7. The number of likely N-dealkylation sites (tertiary alicyclic amines) is 1. The number of hydrogen-bond acceptors (Lipinski definition) is 5. The molecule has 1 aliphatic rings. The van der Waals surface area contributed by atoms with Gasteiger partial charge in [0.2, 0.25) is 0 Å². The van der Waals surface area contributed by atoms with Crippen molar-refractivity contribution in [1.82, 2.24) is 4.90 Å². The summed E-state index contributed by atoms with van der Waals surface area (Å²) in [5, 5.41) is 9.05. The van der Waals surface area contributed by atoms with Gasteiger partial charge in [-0.25, -0.2) is 0 Å². The van der Waals surface area contributed by atoms with Crippen molar-refractivity contribution >= 4 is 28.6 Å². The van der Waals surface area contributed by atoms with Crippen LogP contribution in [0.1, 0.15) is 33.1 Å². The minimum Gasteiger partial charge on any atom is -0.480 e. The fraction of sp³-hybridized carbons (Fsp3) is 0.750. The van der Waals surface area contributed by atoms with Crippen LogP contribution in [-0.4, -0.2) is 51.3 Å². The number of nitrogens with zero attached hydrogens (tertiary/aromatic N) is 1. The summed E-state index contributed by atoms with van der Waals surface area (Å²) >= 11 is 0.976. The molecule has 2 atom stereocenters. The number of thioether (sulfide) groups is 1. The molecular formula is C12H19NO4S. The summed E-state index contributed by atoms with van der Waals surface area (Å²) in [5.74, 6) is -0.825. The number of aliphatic carboxylic acids is 1. The summed E-state index contributed by atoms with van der Waals surface area (Å²) in [7, 11) is 0. The van der Waals surface area contributed by atoms with E-state index in [1.807, 2.05) is 6.92 Å². The van der Waals surface area contributed by atoms with E-state index < -0.39 is 12.0 Å². The molecule has 0 bridgehead atoms. The Kier molecular flexibility index (Phi) is 5.81. The Hall–Kier alpha value is -0.880. The minimum atomic E-state index is -0.867. The second kappa shape index (κ2) is 6.89. The minimum absolute atomic E-state index is 0.0878. The van der Waals surface area contributed by atoms with Gasteiger partial charge in [0.15, 0.2) is 10.9 Å². The molecule has 1 heterocycles. The van der Waals surface area contributed by atoms with Crippen molar-refractivity contribution in [2.75, 3.05) is 12.3 Å². The maximum absolute atomic E-state index is 11.7. The molecule has 0 aromatic heterocycles. The second-order valence-electron chi connectivity index (χ2n) is 4.63. The Morgan fingerprint density at radius 1 is 1.33 bits per heavy atom. The number of Topliss-reactive ketones (excluding diaryl/α,β-unsaturated/α-hetero) is 1. The smallest absolute Gasteiger partial charge is 0.320 e. The van der Waals surface area contributed by atoms with Gasteiger partial charge in [0.25, 0.3) is 0 Å². The molecule has 1 rings (SSSR count). The van der Waals surface area contributed by atoms with Gasteiger partial charge < -0.3 is 5.11 Å². The SMILES string of the molecule is CC(=O)SCC(=O)CN1C(C)CCCC1C(=O)O. The van der Waals surface area contributed by atoms with Crippen molar-refractivity contribution in [3.63, 3.8) is 0 Å².